The second kappa shape index (κ2) is 9.77. The number of pyridine rings is 1. The lowest BCUT2D eigenvalue weighted by Crippen LogP contribution is -2.40. The van der Waals surface area contributed by atoms with Crippen LogP contribution in [-0.4, -0.2) is 37.8 Å². The highest BCUT2D eigenvalue weighted by Crippen LogP contribution is 2.30. The van der Waals surface area contributed by atoms with E-state index in [0.717, 1.165) is 24.8 Å². The van der Waals surface area contributed by atoms with Gasteiger partial charge in [-0.15, -0.1) is 0 Å². The molecule has 1 fully saturated rings. The number of hydrogen-bond acceptors (Lipinski definition) is 5. The first kappa shape index (κ1) is 22.4. The number of aromatic nitrogens is 3. The van der Waals surface area contributed by atoms with Crippen LogP contribution in [0.4, 0.5) is 0 Å². The Kier molecular flexibility index (Phi) is 6.63. The number of benzene rings is 1. The van der Waals surface area contributed by atoms with Gasteiger partial charge in [0.05, 0.1) is 22.9 Å². The lowest BCUT2D eigenvalue weighted by atomic mass is 10.00. The average Bonchev–Trinajstić information content (AvgIpc) is 2.84. The normalized spacial score (nSPS) is 15.8. The molecule has 4 rings (SSSR count). The molecule has 0 bridgehead atoms. The van der Waals surface area contributed by atoms with Crippen LogP contribution in [0.25, 0.3) is 0 Å². The molecule has 0 saturated carbocycles. The molecule has 0 radical (unpaired) electrons. The molecule has 3 heterocycles. The second-order valence-electron chi connectivity index (χ2n) is 8.27. The molecular formula is C25H27N5O3. The monoisotopic (exact) mass is 445 g/mol. The number of nitrogens with zero attached hydrogens (tertiary/aromatic N) is 4. The SMILES string of the molecule is Cc1nc([C@H]2CCCCN2C(=O)c2ccc(=O)n(C)c2)ncc1C(=O)NCc1ccccc1. The number of piperidine rings is 1. The number of nitrogens with one attached hydrogen (secondary N) is 1. The van der Waals surface area contributed by atoms with Gasteiger partial charge in [0.25, 0.3) is 11.8 Å². The first-order chi connectivity index (χ1) is 15.9. The van der Waals surface area contributed by atoms with Crippen LogP contribution < -0.4 is 10.9 Å². The molecular weight excluding hydrogens is 418 g/mol. The van der Waals surface area contributed by atoms with E-state index in [0.29, 0.717) is 35.7 Å². The number of carbonyl (C=O) groups excluding carboxylic acids is 2. The van der Waals surface area contributed by atoms with Gasteiger partial charge in [0.15, 0.2) is 5.82 Å². The van der Waals surface area contributed by atoms with Crippen LogP contribution in [0.15, 0.2) is 59.7 Å². The van der Waals surface area contributed by atoms with Crippen molar-refractivity contribution in [1.82, 2.24) is 24.8 Å². The Morgan fingerprint density at radius 1 is 1.12 bits per heavy atom. The van der Waals surface area contributed by atoms with Crippen molar-refractivity contribution in [1.29, 1.82) is 0 Å². The van der Waals surface area contributed by atoms with Gasteiger partial charge in [0.1, 0.15) is 0 Å². The van der Waals surface area contributed by atoms with Crippen molar-refractivity contribution in [3.63, 3.8) is 0 Å². The summed E-state index contributed by atoms with van der Waals surface area (Å²) < 4.78 is 1.40. The maximum absolute atomic E-state index is 13.2. The highest BCUT2D eigenvalue weighted by molar-refractivity contribution is 5.95. The molecule has 0 spiro atoms. The van der Waals surface area contributed by atoms with E-state index in [2.05, 4.69) is 15.3 Å². The minimum Gasteiger partial charge on any atom is -0.348 e. The third-order valence-electron chi connectivity index (χ3n) is 5.93. The highest BCUT2D eigenvalue weighted by Gasteiger charge is 2.31. The predicted octanol–water partition coefficient (Wildman–Crippen LogP) is 2.78. The fourth-order valence-electron chi connectivity index (χ4n) is 4.07. The van der Waals surface area contributed by atoms with E-state index >= 15 is 0 Å². The minimum atomic E-state index is -0.274. The second-order valence-corrected chi connectivity index (χ2v) is 8.27. The van der Waals surface area contributed by atoms with Gasteiger partial charge in [-0.2, -0.15) is 0 Å². The lowest BCUT2D eigenvalue weighted by Gasteiger charge is -2.35. The number of aryl methyl sites for hydroxylation is 2. The van der Waals surface area contributed by atoms with E-state index in [1.54, 1.807) is 37.3 Å². The molecule has 1 N–H and O–H groups in total. The Hall–Kier alpha value is -3.81. The summed E-state index contributed by atoms with van der Waals surface area (Å²) >= 11 is 0. The van der Waals surface area contributed by atoms with Crippen molar-refractivity contribution in [2.75, 3.05) is 6.54 Å². The fraction of sp³-hybridized carbons (Fsp3) is 0.320. The molecule has 1 saturated heterocycles. The fourth-order valence-corrected chi connectivity index (χ4v) is 4.07. The number of carbonyl (C=O) groups is 2. The summed E-state index contributed by atoms with van der Waals surface area (Å²) in [5.74, 6) is 0.149. The van der Waals surface area contributed by atoms with Crippen molar-refractivity contribution in [3.05, 3.63) is 93.4 Å². The molecule has 33 heavy (non-hydrogen) atoms. The van der Waals surface area contributed by atoms with E-state index in [-0.39, 0.29) is 23.4 Å². The summed E-state index contributed by atoms with van der Waals surface area (Å²) in [6.45, 7) is 2.80. The molecule has 8 heteroatoms. The number of hydrogen-bond donors (Lipinski definition) is 1. The third kappa shape index (κ3) is 5.00. The summed E-state index contributed by atoms with van der Waals surface area (Å²) in [6.07, 6.45) is 5.71. The third-order valence-corrected chi connectivity index (χ3v) is 5.93. The zero-order valence-corrected chi connectivity index (χ0v) is 18.8. The Morgan fingerprint density at radius 2 is 1.91 bits per heavy atom. The summed E-state index contributed by atoms with van der Waals surface area (Å²) in [5.41, 5.74) is 2.29. The number of rotatable bonds is 5. The van der Waals surface area contributed by atoms with E-state index in [9.17, 15) is 14.4 Å². The quantitative estimate of drug-likeness (QED) is 0.651. The van der Waals surface area contributed by atoms with Gasteiger partial charge in [-0.25, -0.2) is 9.97 Å². The van der Waals surface area contributed by atoms with E-state index in [4.69, 9.17) is 0 Å². The molecule has 2 amide bonds. The smallest absolute Gasteiger partial charge is 0.255 e. The van der Waals surface area contributed by atoms with E-state index < -0.39 is 0 Å². The van der Waals surface area contributed by atoms with Gasteiger partial charge in [-0.1, -0.05) is 30.3 Å². The van der Waals surface area contributed by atoms with Gasteiger partial charge in [0, 0.05) is 38.6 Å². The largest absolute Gasteiger partial charge is 0.348 e. The first-order valence-electron chi connectivity index (χ1n) is 11.1. The Balaban J connectivity index is 1.52. The van der Waals surface area contributed by atoms with Gasteiger partial charge in [0.2, 0.25) is 5.56 Å². The predicted molar refractivity (Wildman–Crippen MR) is 124 cm³/mol. The van der Waals surface area contributed by atoms with Crippen molar-refractivity contribution >= 4 is 11.8 Å². The van der Waals surface area contributed by atoms with Crippen LogP contribution in [0, 0.1) is 6.92 Å². The van der Waals surface area contributed by atoms with Crippen molar-refractivity contribution in [3.8, 4) is 0 Å². The van der Waals surface area contributed by atoms with Gasteiger partial charge in [-0.3, -0.25) is 14.4 Å². The van der Waals surface area contributed by atoms with Crippen molar-refractivity contribution in [2.45, 2.75) is 38.8 Å². The molecule has 1 aromatic carbocycles. The number of likely N-dealkylation sites (tertiary alicyclic amines) is 1. The standard InChI is InChI=1S/C25H27N5O3/c1-17-20(24(32)27-14-18-8-4-3-5-9-18)15-26-23(28-17)21-10-6-7-13-30(21)25(33)19-11-12-22(31)29(2)16-19/h3-5,8-9,11-12,15-16,21H,6-7,10,13-14H2,1-2H3,(H,27,32)/t21-/m1/s1. The minimum absolute atomic E-state index is 0.152. The summed E-state index contributed by atoms with van der Waals surface area (Å²) in [5, 5.41) is 2.90. The maximum Gasteiger partial charge on any atom is 0.255 e. The molecule has 1 aliphatic heterocycles. The summed E-state index contributed by atoms with van der Waals surface area (Å²) in [6, 6.07) is 12.4. The summed E-state index contributed by atoms with van der Waals surface area (Å²) in [7, 11) is 1.63. The van der Waals surface area contributed by atoms with Gasteiger partial charge >= 0.3 is 0 Å². The molecule has 2 aromatic heterocycles. The Morgan fingerprint density at radius 3 is 2.64 bits per heavy atom. The molecule has 3 aromatic rings. The lowest BCUT2D eigenvalue weighted by molar-refractivity contribution is 0.0598. The molecule has 8 nitrogen and oxygen atoms in total. The highest BCUT2D eigenvalue weighted by atomic mass is 16.2. The van der Waals surface area contributed by atoms with Crippen LogP contribution in [0.5, 0.6) is 0 Å². The first-order valence-corrected chi connectivity index (χ1v) is 11.1. The van der Waals surface area contributed by atoms with E-state index in [1.165, 1.54) is 10.6 Å². The molecule has 1 aliphatic rings. The Labute approximate surface area is 192 Å². The topological polar surface area (TPSA) is 97.2 Å². The number of amides is 2. The van der Waals surface area contributed by atoms with Crippen LogP contribution in [0.2, 0.25) is 0 Å². The van der Waals surface area contributed by atoms with Crippen molar-refractivity contribution in [2.24, 2.45) is 7.05 Å². The van der Waals surface area contributed by atoms with Gasteiger partial charge < -0.3 is 14.8 Å². The molecule has 0 unspecified atom stereocenters. The average molecular weight is 446 g/mol. The zero-order chi connectivity index (χ0) is 23.4. The van der Waals surface area contributed by atoms with E-state index in [1.807, 2.05) is 30.3 Å². The van der Waals surface area contributed by atoms with Crippen LogP contribution in [0.1, 0.15) is 63.1 Å². The Bertz CT molecular complexity index is 1220. The van der Waals surface area contributed by atoms with Gasteiger partial charge in [-0.05, 0) is 37.8 Å². The van der Waals surface area contributed by atoms with Crippen LogP contribution >= 0.6 is 0 Å². The van der Waals surface area contributed by atoms with Crippen molar-refractivity contribution < 1.29 is 9.59 Å². The molecule has 0 aliphatic carbocycles. The van der Waals surface area contributed by atoms with Crippen LogP contribution in [-0.2, 0) is 13.6 Å². The molecule has 1 atom stereocenters. The molecule has 170 valence electrons. The van der Waals surface area contributed by atoms with Crippen LogP contribution in [0.3, 0.4) is 0 Å². The maximum atomic E-state index is 13.2. The zero-order valence-electron chi connectivity index (χ0n) is 18.8. The summed E-state index contributed by atoms with van der Waals surface area (Å²) in [4.78, 5) is 48.4.